The Balaban J connectivity index is -0.000000375. The predicted molar refractivity (Wildman–Crippen MR) is 224 cm³/mol. The van der Waals surface area contributed by atoms with E-state index in [1.54, 1.807) is 0 Å². The molecule has 0 fully saturated rings. The third-order valence-corrected chi connectivity index (χ3v) is 8.05. The maximum absolute atomic E-state index is 10.2. The number of carboxylic acids is 4. The van der Waals surface area contributed by atoms with Gasteiger partial charge in [-0.15, -0.1) is 0 Å². The van der Waals surface area contributed by atoms with E-state index in [0.717, 1.165) is 90.7 Å². The van der Waals surface area contributed by atoms with Crippen LogP contribution in [0.2, 0.25) is 0 Å². The Morgan fingerprint density at radius 2 is 0.515 bits per heavy atom. The van der Waals surface area contributed by atoms with E-state index in [9.17, 15) is 39.6 Å². The van der Waals surface area contributed by atoms with E-state index >= 15 is 0 Å². The van der Waals surface area contributed by atoms with Gasteiger partial charge in [0.1, 0.15) is 11.5 Å². The van der Waals surface area contributed by atoms with Crippen molar-refractivity contribution in [3.8, 4) is 11.5 Å². The summed E-state index contributed by atoms with van der Waals surface area (Å²) in [7, 11) is 0. The van der Waals surface area contributed by atoms with Crippen LogP contribution in [0.25, 0.3) is 43.6 Å². The third kappa shape index (κ3) is 16.7. The monoisotopic (exact) mass is 1010 g/mol. The van der Waals surface area contributed by atoms with E-state index < -0.39 is 58.2 Å². The molecule has 14 N–H and O–H groups in total. The summed E-state index contributed by atoms with van der Waals surface area (Å²) in [5, 5.41) is 63.3. The molecule has 0 saturated heterocycles. The van der Waals surface area contributed by atoms with Gasteiger partial charge in [0.05, 0.1) is 68.7 Å². The Morgan fingerprint density at radius 1 is 0.348 bits per heavy atom. The third-order valence-electron chi connectivity index (χ3n) is 8.05. The molecule has 22 nitrogen and oxygen atoms in total. The number of fused-ring (bicyclic) bond motifs is 6. The van der Waals surface area contributed by atoms with Crippen LogP contribution in [0.4, 0.5) is 0 Å². The van der Waals surface area contributed by atoms with Gasteiger partial charge in [-0.2, -0.15) is 0 Å². The van der Waals surface area contributed by atoms with Crippen molar-refractivity contribution in [3.63, 3.8) is 0 Å². The zero-order chi connectivity index (χ0) is 42.3. The van der Waals surface area contributed by atoms with Crippen molar-refractivity contribution in [2.24, 2.45) is 0 Å². The largest absolute Gasteiger partial charge is 2.00 e. The number of aromatic carboxylic acids is 4. The van der Waals surface area contributed by atoms with Gasteiger partial charge in [0.2, 0.25) is 0 Å². The van der Waals surface area contributed by atoms with Gasteiger partial charge in [-0.3, -0.25) is 19.9 Å². The number of nitrogens with zero attached hydrogens (tertiary/aromatic N) is 6. The van der Waals surface area contributed by atoms with Crippen LogP contribution in [0.3, 0.4) is 0 Å². The first kappa shape index (κ1) is 65.3. The molecule has 24 heteroatoms. The van der Waals surface area contributed by atoms with Crippen LogP contribution in [0.5, 0.6) is 11.5 Å². The average Bonchev–Trinajstić information content (AvgIpc) is 3.18. The van der Waals surface area contributed by atoms with Crippen LogP contribution in [0.15, 0.2) is 97.1 Å². The van der Waals surface area contributed by atoms with Gasteiger partial charge in [0.15, 0.2) is 0 Å². The van der Waals surface area contributed by atoms with Gasteiger partial charge in [-0.25, -0.2) is 9.97 Å². The minimum Gasteiger partial charge on any atom is -0.543 e. The summed E-state index contributed by atoms with van der Waals surface area (Å²) in [5.74, 6) is -7.71. The number of carbonyl (C=O) groups excluding carboxylic acids is 4. The molecule has 0 spiro atoms. The zero-order valence-corrected chi connectivity index (χ0v) is 36.6. The number of hydrogen-bond donors (Lipinski definition) is 2. The Hall–Kier alpha value is -7.34. The minimum atomic E-state index is -1.67. The van der Waals surface area contributed by atoms with E-state index in [2.05, 4.69) is 78.4 Å². The first-order valence-electron chi connectivity index (χ1n) is 17.0. The fourth-order valence-corrected chi connectivity index (χ4v) is 5.38. The number of pyridine rings is 6. The molecule has 0 amide bonds. The standard InChI is InChI=1S/2C14H12N2.2C7H5NO5.2Cu.6H2O/c2*1-9-3-5-11-7-8-12-6-4-10(2)16-14(12)13(11)15-9;2*9-3-1-4(6(10)11)8-5(2-3)7(12)13;;;;;;;;/h2*3-8H,1-2H3;2*1-2H,(H,8,9)(H,10,11)(H,12,13);;;6*1H2/q;;;;2*+2;;;;;;/p-4. The number of benzene rings is 2. The van der Waals surface area contributed by atoms with Gasteiger partial charge in [0, 0.05) is 68.6 Å². The number of carboxylic acid groups (broad SMARTS) is 4. The Morgan fingerprint density at radius 3 is 0.682 bits per heavy atom. The number of aryl methyl sites for hydroxylation is 4. The van der Waals surface area contributed by atoms with Crippen molar-refractivity contribution in [1.29, 1.82) is 0 Å². The number of rotatable bonds is 4. The van der Waals surface area contributed by atoms with E-state index in [4.69, 9.17) is 10.2 Å². The number of aromatic hydroxyl groups is 2. The maximum Gasteiger partial charge on any atom is 2.00 e. The number of carbonyl (C=O) groups is 4. The van der Waals surface area contributed by atoms with Gasteiger partial charge in [0.25, 0.3) is 0 Å². The van der Waals surface area contributed by atoms with Crippen LogP contribution in [-0.4, -0.2) is 96.9 Å². The Bertz CT molecular complexity index is 2540. The zero-order valence-electron chi connectivity index (χ0n) is 34.7. The van der Waals surface area contributed by atoms with Crippen molar-refractivity contribution in [2.45, 2.75) is 27.7 Å². The molecule has 0 atom stereocenters. The Labute approximate surface area is 394 Å². The second kappa shape index (κ2) is 28.5. The number of aromatic nitrogens is 6. The second-order valence-electron chi connectivity index (χ2n) is 12.6. The SMILES string of the molecule is Cc1ccc2ccc3ccc(C)nc3c2n1.Cc1ccc2ccc3ccc(C)nc3c2n1.O.O.O.O.O.O.O=C([O-])c1cc(O)cc(C(=O)[O-])n1.O=C([O-])c1cc(O)cc(C(=O)[O-])n1.[Cu+2].[Cu+2]. The molecule has 0 bridgehead atoms. The van der Waals surface area contributed by atoms with Gasteiger partial charge in [-0.05, 0) is 52.0 Å². The quantitative estimate of drug-likeness (QED) is 0.130. The molecule has 6 aromatic heterocycles. The molecule has 0 aliphatic carbocycles. The van der Waals surface area contributed by atoms with Crippen LogP contribution in [-0.2, 0) is 34.1 Å². The summed E-state index contributed by atoms with van der Waals surface area (Å²) in [6.07, 6.45) is 0. The fourth-order valence-electron chi connectivity index (χ4n) is 5.38. The van der Waals surface area contributed by atoms with Gasteiger partial charge < -0.3 is 82.7 Å². The molecule has 6 heterocycles. The summed E-state index contributed by atoms with van der Waals surface area (Å²) in [4.78, 5) is 65.5. The molecule has 8 aromatic rings. The molecule has 0 aliphatic rings. The van der Waals surface area contributed by atoms with Crippen molar-refractivity contribution in [2.75, 3.05) is 0 Å². The van der Waals surface area contributed by atoms with Crippen molar-refractivity contribution in [3.05, 3.63) is 143 Å². The van der Waals surface area contributed by atoms with E-state index in [0.29, 0.717) is 0 Å². The first-order chi connectivity index (χ1) is 27.5. The van der Waals surface area contributed by atoms with Crippen LogP contribution < -0.4 is 20.4 Å². The van der Waals surface area contributed by atoms with Gasteiger partial charge in [-0.1, -0.05) is 48.5 Å². The predicted octanol–water partition coefficient (Wildman–Crippen LogP) is -3.13. The molecule has 2 aromatic carbocycles. The van der Waals surface area contributed by atoms with Crippen molar-refractivity contribution in [1.82, 2.24) is 29.9 Å². The summed E-state index contributed by atoms with van der Waals surface area (Å²) in [5.41, 5.74) is 5.51. The summed E-state index contributed by atoms with van der Waals surface area (Å²) in [6, 6.07) is 28.0. The molecule has 0 aliphatic heterocycles. The molecule has 0 unspecified atom stereocenters. The van der Waals surface area contributed by atoms with Crippen LogP contribution in [0, 0.1) is 27.7 Å². The van der Waals surface area contributed by atoms with Crippen molar-refractivity contribution < 1.29 is 117 Å². The minimum absolute atomic E-state index is 0. The fraction of sp³-hybridized carbons (Fsp3) is 0.0952. The molecule has 0 saturated carbocycles. The van der Waals surface area contributed by atoms with Crippen LogP contribution in [0.1, 0.15) is 64.7 Å². The van der Waals surface area contributed by atoms with Crippen LogP contribution >= 0.6 is 0 Å². The number of hydrogen-bond acceptors (Lipinski definition) is 16. The molecule has 66 heavy (non-hydrogen) atoms. The van der Waals surface area contributed by atoms with Crippen molar-refractivity contribution >= 4 is 67.5 Å². The molecule has 8 rings (SSSR count). The smallest absolute Gasteiger partial charge is 0.543 e. The molecule has 2 radical (unpaired) electrons. The summed E-state index contributed by atoms with van der Waals surface area (Å²) >= 11 is 0. The maximum atomic E-state index is 10.2. The Kier molecular flexibility index (Phi) is 28.1. The van der Waals surface area contributed by atoms with E-state index in [-0.39, 0.29) is 67.0 Å². The van der Waals surface area contributed by atoms with Gasteiger partial charge >= 0.3 is 34.1 Å². The summed E-state index contributed by atoms with van der Waals surface area (Å²) in [6.45, 7) is 8.03. The summed E-state index contributed by atoms with van der Waals surface area (Å²) < 4.78 is 0. The average molecular weight is 1010 g/mol. The van der Waals surface area contributed by atoms with E-state index in [1.165, 1.54) is 0 Å². The topological polar surface area (TPSA) is 467 Å². The second-order valence-corrected chi connectivity index (χ2v) is 12.6. The molecular weight excluding hydrogens is 972 g/mol. The first-order valence-corrected chi connectivity index (χ1v) is 17.0. The molecular formula is C42H42Cu2N6O16. The molecule has 358 valence electrons. The normalized spacial score (nSPS) is 9.15. The van der Waals surface area contributed by atoms with E-state index in [1.807, 2.05) is 52.0 Å².